The molecule has 0 aliphatic carbocycles. The first-order valence-corrected chi connectivity index (χ1v) is 5.25. The molecule has 18 heavy (non-hydrogen) atoms. The van der Waals surface area contributed by atoms with Gasteiger partial charge in [-0.3, -0.25) is 4.79 Å². The fraction of sp³-hybridized carbons (Fsp3) is 0.400. The SMILES string of the molecule is CC(C)(Cn1nnnc1-c1cncnc1)C(=O)O. The van der Waals surface area contributed by atoms with Gasteiger partial charge in [0.05, 0.1) is 17.5 Å². The average Bonchev–Trinajstić information content (AvgIpc) is 2.77. The van der Waals surface area contributed by atoms with E-state index in [0.717, 1.165) is 0 Å². The Balaban J connectivity index is 2.32. The van der Waals surface area contributed by atoms with Crippen LogP contribution in [0.3, 0.4) is 0 Å². The molecule has 2 heterocycles. The fourth-order valence-electron chi connectivity index (χ4n) is 1.37. The van der Waals surface area contributed by atoms with Crippen LogP contribution in [0.4, 0.5) is 0 Å². The van der Waals surface area contributed by atoms with Gasteiger partial charge in [0.15, 0.2) is 5.82 Å². The van der Waals surface area contributed by atoms with Crippen LogP contribution >= 0.6 is 0 Å². The molecular weight excluding hydrogens is 236 g/mol. The maximum Gasteiger partial charge on any atom is 0.310 e. The van der Waals surface area contributed by atoms with Gasteiger partial charge >= 0.3 is 5.97 Å². The van der Waals surface area contributed by atoms with Gasteiger partial charge in [0.2, 0.25) is 0 Å². The van der Waals surface area contributed by atoms with Gasteiger partial charge in [-0.05, 0) is 24.3 Å². The molecule has 0 saturated heterocycles. The quantitative estimate of drug-likeness (QED) is 0.825. The van der Waals surface area contributed by atoms with Crippen LogP contribution in [0.2, 0.25) is 0 Å². The van der Waals surface area contributed by atoms with E-state index in [1.54, 1.807) is 26.2 Å². The van der Waals surface area contributed by atoms with Crippen molar-refractivity contribution in [3.8, 4) is 11.4 Å². The highest BCUT2D eigenvalue weighted by atomic mass is 16.4. The first kappa shape index (κ1) is 12.1. The van der Waals surface area contributed by atoms with Crippen molar-refractivity contribution in [3.05, 3.63) is 18.7 Å². The summed E-state index contributed by atoms with van der Waals surface area (Å²) in [6.07, 6.45) is 4.55. The zero-order valence-electron chi connectivity index (χ0n) is 9.98. The molecule has 0 fully saturated rings. The van der Waals surface area contributed by atoms with Crippen molar-refractivity contribution >= 4 is 5.97 Å². The van der Waals surface area contributed by atoms with Crippen molar-refractivity contribution in [2.75, 3.05) is 0 Å². The minimum Gasteiger partial charge on any atom is -0.481 e. The van der Waals surface area contributed by atoms with Crippen LogP contribution < -0.4 is 0 Å². The lowest BCUT2D eigenvalue weighted by atomic mass is 9.94. The van der Waals surface area contributed by atoms with Gasteiger partial charge in [-0.15, -0.1) is 5.10 Å². The smallest absolute Gasteiger partial charge is 0.310 e. The highest BCUT2D eigenvalue weighted by Gasteiger charge is 2.29. The highest BCUT2D eigenvalue weighted by Crippen LogP contribution is 2.21. The average molecular weight is 248 g/mol. The van der Waals surface area contributed by atoms with Gasteiger partial charge in [-0.1, -0.05) is 0 Å². The summed E-state index contributed by atoms with van der Waals surface area (Å²) in [6.45, 7) is 3.39. The van der Waals surface area contributed by atoms with E-state index in [1.807, 2.05) is 0 Å². The monoisotopic (exact) mass is 248 g/mol. The van der Waals surface area contributed by atoms with E-state index in [-0.39, 0.29) is 6.54 Å². The summed E-state index contributed by atoms with van der Waals surface area (Å²) in [5.41, 5.74) is -0.316. The summed E-state index contributed by atoms with van der Waals surface area (Å²) >= 11 is 0. The third-order valence-electron chi connectivity index (χ3n) is 2.47. The maximum atomic E-state index is 11.1. The zero-order valence-corrected chi connectivity index (χ0v) is 9.98. The summed E-state index contributed by atoms with van der Waals surface area (Å²) in [7, 11) is 0. The van der Waals surface area contributed by atoms with E-state index in [2.05, 4.69) is 25.5 Å². The molecule has 0 saturated carbocycles. The molecule has 8 heteroatoms. The summed E-state index contributed by atoms with van der Waals surface area (Å²) in [6, 6.07) is 0. The zero-order chi connectivity index (χ0) is 13.2. The Hall–Kier alpha value is -2.38. The number of hydrogen-bond donors (Lipinski definition) is 1. The molecule has 0 aromatic carbocycles. The topological polar surface area (TPSA) is 107 Å². The van der Waals surface area contributed by atoms with Crippen LogP contribution in [0.5, 0.6) is 0 Å². The van der Waals surface area contributed by atoms with Crippen LogP contribution in [0.25, 0.3) is 11.4 Å². The standard InChI is InChI=1S/C10H12N6O2/c1-10(2,9(17)18)5-16-8(13-14-15-16)7-3-11-6-12-4-7/h3-4,6H,5H2,1-2H3,(H,17,18). The lowest BCUT2D eigenvalue weighted by molar-refractivity contribution is -0.147. The Morgan fingerprint density at radius 3 is 2.67 bits per heavy atom. The first-order valence-electron chi connectivity index (χ1n) is 5.25. The molecule has 0 aliphatic rings. The summed E-state index contributed by atoms with van der Waals surface area (Å²) in [5.74, 6) is -0.460. The van der Waals surface area contributed by atoms with E-state index in [9.17, 15) is 4.79 Å². The molecule has 8 nitrogen and oxygen atoms in total. The van der Waals surface area contributed by atoms with Crippen LogP contribution in [0.1, 0.15) is 13.8 Å². The van der Waals surface area contributed by atoms with Gasteiger partial charge < -0.3 is 5.11 Å². The minimum absolute atomic E-state index is 0.166. The Labute approximate surface area is 103 Å². The maximum absolute atomic E-state index is 11.1. The van der Waals surface area contributed by atoms with Crippen molar-refractivity contribution in [2.24, 2.45) is 5.41 Å². The van der Waals surface area contributed by atoms with E-state index in [0.29, 0.717) is 11.4 Å². The number of tetrazole rings is 1. The minimum atomic E-state index is -0.959. The molecule has 0 unspecified atom stereocenters. The van der Waals surface area contributed by atoms with Crippen molar-refractivity contribution < 1.29 is 9.90 Å². The molecule has 2 rings (SSSR count). The summed E-state index contributed by atoms with van der Waals surface area (Å²) in [5, 5.41) is 20.3. The molecule has 2 aromatic heterocycles. The molecular formula is C10H12N6O2. The van der Waals surface area contributed by atoms with Crippen molar-refractivity contribution in [1.29, 1.82) is 0 Å². The van der Waals surface area contributed by atoms with Crippen molar-refractivity contribution in [3.63, 3.8) is 0 Å². The molecule has 1 N–H and O–H groups in total. The van der Waals surface area contributed by atoms with Crippen molar-refractivity contribution in [2.45, 2.75) is 20.4 Å². The van der Waals surface area contributed by atoms with E-state index in [4.69, 9.17) is 5.11 Å². The van der Waals surface area contributed by atoms with Crippen LogP contribution in [-0.4, -0.2) is 41.3 Å². The third kappa shape index (κ3) is 2.31. The van der Waals surface area contributed by atoms with E-state index in [1.165, 1.54) is 11.0 Å². The number of carboxylic acid groups (broad SMARTS) is 1. The van der Waals surface area contributed by atoms with Gasteiger partial charge in [0.1, 0.15) is 6.33 Å². The largest absolute Gasteiger partial charge is 0.481 e. The molecule has 2 aromatic rings. The fourth-order valence-corrected chi connectivity index (χ4v) is 1.37. The lowest BCUT2D eigenvalue weighted by Crippen LogP contribution is -2.30. The number of carbonyl (C=O) groups is 1. The van der Waals surface area contributed by atoms with Crippen LogP contribution in [0, 0.1) is 5.41 Å². The summed E-state index contributed by atoms with van der Waals surface area (Å²) in [4.78, 5) is 18.8. The number of carboxylic acids is 1. The Kier molecular flexibility index (Phi) is 3.00. The first-order chi connectivity index (χ1) is 8.50. The van der Waals surface area contributed by atoms with E-state index < -0.39 is 11.4 Å². The number of aromatic nitrogens is 6. The van der Waals surface area contributed by atoms with Gasteiger partial charge in [-0.25, -0.2) is 14.6 Å². The summed E-state index contributed by atoms with van der Waals surface area (Å²) < 4.78 is 1.44. The molecule has 0 aliphatic heterocycles. The molecule has 0 atom stereocenters. The Morgan fingerprint density at radius 1 is 1.39 bits per heavy atom. The van der Waals surface area contributed by atoms with Gasteiger partial charge in [0, 0.05) is 12.4 Å². The second-order valence-corrected chi connectivity index (χ2v) is 4.48. The molecule has 0 bridgehead atoms. The van der Waals surface area contributed by atoms with Crippen molar-refractivity contribution in [1.82, 2.24) is 30.2 Å². The predicted molar refractivity (Wildman–Crippen MR) is 60.3 cm³/mol. The molecule has 0 radical (unpaired) electrons. The predicted octanol–water partition coefficient (Wildman–Crippen LogP) is 0.241. The Bertz CT molecular complexity index is 551. The number of nitrogens with zero attached hydrogens (tertiary/aromatic N) is 6. The number of hydrogen-bond acceptors (Lipinski definition) is 6. The van der Waals surface area contributed by atoms with Crippen LogP contribution in [-0.2, 0) is 11.3 Å². The number of rotatable bonds is 4. The lowest BCUT2D eigenvalue weighted by Gasteiger charge is -2.18. The molecule has 0 spiro atoms. The molecule has 94 valence electrons. The third-order valence-corrected chi connectivity index (χ3v) is 2.47. The normalized spacial score (nSPS) is 11.4. The molecule has 0 amide bonds. The van der Waals surface area contributed by atoms with Crippen LogP contribution in [0.15, 0.2) is 18.7 Å². The van der Waals surface area contributed by atoms with Gasteiger partial charge in [-0.2, -0.15) is 0 Å². The van der Waals surface area contributed by atoms with Gasteiger partial charge in [0.25, 0.3) is 0 Å². The Morgan fingerprint density at radius 2 is 2.06 bits per heavy atom. The second kappa shape index (κ2) is 4.47. The highest BCUT2D eigenvalue weighted by molar-refractivity contribution is 5.73. The van der Waals surface area contributed by atoms with E-state index >= 15 is 0 Å². The number of aliphatic carboxylic acids is 1. The second-order valence-electron chi connectivity index (χ2n) is 4.48.